The lowest BCUT2D eigenvalue weighted by Gasteiger charge is -2.25. The molecule has 0 aromatic heterocycles. The summed E-state index contributed by atoms with van der Waals surface area (Å²) in [7, 11) is 0. The summed E-state index contributed by atoms with van der Waals surface area (Å²) in [6.07, 6.45) is 0. The maximum Gasteiger partial charge on any atom is 0.120 e. The third kappa shape index (κ3) is 5.12. The maximum absolute atomic E-state index is 5.84. The molecule has 0 atom stereocenters. The number of benzene rings is 1. The molecule has 0 unspecified atom stereocenters. The van der Waals surface area contributed by atoms with E-state index in [0.717, 1.165) is 5.75 Å². The van der Waals surface area contributed by atoms with Gasteiger partial charge in [-0.25, -0.2) is 0 Å². The molecule has 2 heteroatoms. The van der Waals surface area contributed by atoms with Crippen LogP contribution in [0.15, 0.2) is 18.2 Å². The van der Waals surface area contributed by atoms with Crippen LogP contribution in [-0.4, -0.2) is 11.1 Å². The standard InChI is InChI=1S/C15H25NO/c1-11-10-12(17-15(5,6)7)8-9-13(11)16-14(2,3)4/h8-10,16H,1-7H3. The van der Waals surface area contributed by atoms with Crippen LogP contribution in [0, 0.1) is 6.92 Å². The van der Waals surface area contributed by atoms with E-state index in [1.54, 1.807) is 0 Å². The molecule has 0 aliphatic rings. The van der Waals surface area contributed by atoms with Crippen LogP contribution in [0.3, 0.4) is 0 Å². The predicted octanol–water partition coefficient (Wildman–Crippen LogP) is 4.38. The van der Waals surface area contributed by atoms with E-state index in [-0.39, 0.29) is 11.1 Å². The summed E-state index contributed by atoms with van der Waals surface area (Å²) in [5.41, 5.74) is 2.31. The molecule has 1 rings (SSSR count). The lowest BCUT2D eigenvalue weighted by atomic mass is 10.1. The molecule has 0 saturated carbocycles. The van der Waals surface area contributed by atoms with Crippen molar-refractivity contribution in [2.45, 2.75) is 59.6 Å². The van der Waals surface area contributed by atoms with Crippen molar-refractivity contribution in [3.05, 3.63) is 23.8 Å². The third-order valence-corrected chi connectivity index (χ3v) is 2.13. The molecule has 0 heterocycles. The highest BCUT2D eigenvalue weighted by Gasteiger charge is 2.14. The van der Waals surface area contributed by atoms with Gasteiger partial charge in [0.25, 0.3) is 0 Å². The monoisotopic (exact) mass is 235 g/mol. The molecule has 0 aliphatic heterocycles. The van der Waals surface area contributed by atoms with Gasteiger partial charge in [0.15, 0.2) is 0 Å². The van der Waals surface area contributed by atoms with Gasteiger partial charge in [0.1, 0.15) is 11.4 Å². The fourth-order valence-corrected chi connectivity index (χ4v) is 1.60. The van der Waals surface area contributed by atoms with Crippen LogP contribution in [-0.2, 0) is 0 Å². The zero-order valence-corrected chi connectivity index (χ0v) is 12.1. The molecule has 0 fully saturated rings. The van der Waals surface area contributed by atoms with Crippen LogP contribution in [0.5, 0.6) is 5.75 Å². The topological polar surface area (TPSA) is 21.3 Å². The number of ether oxygens (including phenoxy) is 1. The molecule has 1 N–H and O–H groups in total. The van der Waals surface area contributed by atoms with Gasteiger partial charge in [0.2, 0.25) is 0 Å². The first kappa shape index (κ1) is 13.9. The van der Waals surface area contributed by atoms with E-state index in [9.17, 15) is 0 Å². The van der Waals surface area contributed by atoms with Gasteiger partial charge in [-0.15, -0.1) is 0 Å². The van der Waals surface area contributed by atoms with Crippen LogP contribution >= 0.6 is 0 Å². The maximum atomic E-state index is 5.84. The molecule has 96 valence electrons. The van der Waals surface area contributed by atoms with Crippen LogP contribution in [0.25, 0.3) is 0 Å². The molecular weight excluding hydrogens is 210 g/mol. The van der Waals surface area contributed by atoms with Crippen molar-refractivity contribution in [3.63, 3.8) is 0 Å². The summed E-state index contributed by atoms with van der Waals surface area (Å²) in [6.45, 7) is 14.8. The molecule has 0 spiro atoms. The molecule has 0 bridgehead atoms. The van der Waals surface area contributed by atoms with Crippen molar-refractivity contribution >= 4 is 5.69 Å². The third-order valence-electron chi connectivity index (χ3n) is 2.13. The van der Waals surface area contributed by atoms with Gasteiger partial charge in [-0.1, -0.05) is 0 Å². The van der Waals surface area contributed by atoms with E-state index in [1.165, 1.54) is 11.3 Å². The van der Waals surface area contributed by atoms with Crippen LogP contribution in [0.1, 0.15) is 47.1 Å². The molecule has 1 aromatic rings. The Kier molecular flexibility index (Phi) is 3.75. The lowest BCUT2D eigenvalue weighted by molar-refractivity contribution is 0.131. The fourth-order valence-electron chi connectivity index (χ4n) is 1.60. The highest BCUT2D eigenvalue weighted by atomic mass is 16.5. The summed E-state index contributed by atoms with van der Waals surface area (Å²) in [6, 6.07) is 6.19. The first-order valence-corrected chi connectivity index (χ1v) is 6.15. The Labute approximate surface area is 105 Å². The van der Waals surface area contributed by atoms with Gasteiger partial charge in [-0.2, -0.15) is 0 Å². The average Bonchev–Trinajstić information content (AvgIpc) is 2.05. The van der Waals surface area contributed by atoms with E-state index in [0.29, 0.717) is 0 Å². The Morgan fingerprint density at radius 1 is 1.00 bits per heavy atom. The van der Waals surface area contributed by atoms with Gasteiger partial charge in [-0.05, 0) is 72.2 Å². The van der Waals surface area contributed by atoms with Crippen LogP contribution in [0.4, 0.5) is 5.69 Å². The first-order valence-electron chi connectivity index (χ1n) is 6.15. The highest BCUT2D eigenvalue weighted by molar-refractivity contribution is 5.54. The van der Waals surface area contributed by atoms with Gasteiger partial charge >= 0.3 is 0 Å². The minimum Gasteiger partial charge on any atom is -0.488 e. The SMILES string of the molecule is Cc1cc(OC(C)(C)C)ccc1NC(C)(C)C. The second-order valence-electron chi connectivity index (χ2n) is 6.57. The molecule has 0 radical (unpaired) electrons. The number of nitrogens with one attached hydrogen (secondary N) is 1. The molecule has 17 heavy (non-hydrogen) atoms. The van der Waals surface area contributed by atoms with Crippen molar-refractivity contribution in [2.75, 3.05) is 5.32 Å². The van der Waals surface area contributed by atoms with Crippen molar-refractivity contribution in [1.82, 2.24) is 0 Å². The van der Waals surface area contributed by atoms with E-state index in [2.05, 4.69) is 65.9 Å². The van der Waals surface area contributed by atoms with Crippen molar-refractivity contribution in [2.24, 2.45) is 0 Å². The highest BCUT2D eigenvalue weighted by Crippen LogP contribution is 2.26. The molecule has 0 aliphatic carbocycles. The van der Waals surface area contributed by atoms with Gasteiger partial charge in [-0.3, -0.25) is 0 Å². The quantitative estimate of drug-likeness (QED) is 0.821. The minimum atomic E-state index is -0.147. The normalized spacial score (nSPS) is 12.4. The summed E-state index contributed by atoms with van der Waals surface area (Å²) in [4.78, 5) is 0. The van der Waals surface area contributed by atoms with E-state index < -0.39 is 0 Å². The Balaban J connectivity index is 2.87. The first-order chi connectivity index (χ1) is 7.57. The van der Waals surface area contributed by atoms with Gasteiger partial charge in [0, 0.05) is 11.2 Å². The predicted molar refractivity (Wildman–Crippen MR) is 74.9 cm³/mol. The van der Waals surface area contributed by atoms with Crippen LogP contribution < -0.4 is 10.1 Å². The smallest absolute Gasteiger partial charge is 0.120 e. The summed E-state index contributed by atoms with van der Waals surface area (Å²) in [5.74, 6) is 0.925. The largest absolute Gasteiger partial charge is 0.488 e. The summed E-state index contributed by atoms with van der Waals surface area (Å²) < 4.78 is 5.84. The number of hydrogen-bond donors (Lipinski definition) is 1. The molecule has 1 aromatic carbocycles. The Bertz CT molecular complexity index is 383. The van der Waals surface area contributed by atoms with Crippen molar-refractivity contribution in [3.8, 4) is 5.75 Å². The van der Waals surface area contributed by atoms with Crippen molar-refractivity contribution in [1.29, 1.82) is 0 Å². The minimum absolute atomic E-state index is 0.0805. The van der Waals surface area contributed by atoms with E-state index in [4.69, 9.17) is 4.74 Å². The zero-order valence-electron chi connectivity index (χ0n) is 12.1. The Morgan fingerprint density at radius 3 is 2.00 bits per heavy atom. The number of rotatable bonds is 2. The molecule has 0 amide bonds. The molecule has 0 saturated heterocycles. The number of anilines is 1. The van der Waals surface area contributed by atoms with Gasteiger partial charge in [0.05, 0.1) is 0 Å². The van der Waals surface area contributed by atoms with Gasteiger partial charge < -0.3 is 10.1 Å². The van der Waals surface area contributed by atoms with E-state index >= 15 is 0 Å². The second kappa shape index (κ2) is 4.59. The Morgan fingerprint density at radius 2 is 1.59 bits per heavy atom. The fraction of sp³-hybridized carbons (Fsp3) is 0.600. The van der Waals surface area contributed by atoms with Crippen molar-refractivity contribution < 1.29 is 4.74 Å². The molecular formula is C15H25NO. The average molecular weight is 235 g/mol. The number of aryl methyl sites for hydroxylation is 1. The zero-order chi connectivity index (χ0) is 13.3. The summed E-state index contributed by atoms with van der Waals surface area (Å²) >= 11 is 0. The van der Waals surface area contributed by atoms with E-state index in [1.807, 2.05) is 6.07 Å². The summed E-state index contributed by atoms with van der Waals surface area (Å²) in [5, 5.41) is 3.48. The Hall–Kier alpha value is -1.18. The number of hydrogen-bond acceptors (Lipinski definition) is 2. The lowest BCUT2D eigenvalue weighted by Crippen LogP contribution is -2.26. The second-order valence-corrected chi connectivity index (χ2v) is 6.57. The molecule has 2 nitrogen and oxygen atoms in total. The van der Waals surface area contributed by atoms with Crippen LogP contribution in [0.2, 0.25) is 0 Å².